The van der Waals surface area contributed by atoms with E-state index in [9.17, 15) is 24.0 Å². The molecule has 0 radical (unpaired) electrons. The van der Waals surface area contributed by atoms with E-state index >= 15 is 0 Å². The number of hydrogen-bond donors (Lipinski definition) is 1. The van der Waals surface area contributed by atoms with Crippen molar-refractivity contribution in [2.24, 2.45) is 23.7 Å². The van der Waals surface area contributed by atoms with E-state index in [4.69, 9.17) is 47.4 Å². The zero-order valence-electron chi connectivity index (χ0n) is 42.6. The fourth-order valence-electron chi connectivity index (χ4n) is 9.15. The molecule has 0 saturated carbocycles. The number of methoxy groups -OCH3 is 3. The van der Waals surface area contributed by atoms with Crippen LogP contribution in [0.1, 0.15) is 80.1 Å². The van der Waals surface area contributed by atoms with Crippen LogP contribution >= 0.6 is 0 Å². The smallest absolute Gasteiger partial charge is 0.243 e. The van der Waals surface area contributed by atoms with Crippen LogP contribution in [0.2, 0.25) is 0 Å². The standard InChI is InChI=1S/C48H88N4O15/c1-11-35(3)45(41(59-9)32-43(55)51-16-13-14-40(51)47(60-10)36(4)34-53)50(7)44(56)33-49-48(57)46-38(6)37(5)39(12-2)52(46)42(54)15-17-61-20-21-63-24-25-65-28-29-67-31-30-66-27-26-64-23-22-62-19-18-58-8/h34-41,45-47H,11-33H2,1-10H3,(H,49,57)/t35?,36?,37-,38?,39?,40?,41?,45?,46?,47?/m0/s1. The molecule has 0 aromatic carbocycles. The Morgan fingerprint density at radius 2 is 1.22 bits per heavy atom. The maximum atomic E-state index is 13.9. The molecular weight excluding hydrogens is 873 g/mol. The Labute approximate surface area is 401 Å². The van der Waals surface area contributed by atoms with Crippen molar-refractivity contribution in [3.05, 3.63) is 0 Å². The summed E-state index contributed by atoms with van der Waals surface area (Å²) in [6, 6.07) is -1.59. The first-order valence-corrected chi connectivity index (χ1v) is 24.5. The summed E-state index contributed by atoms with van der Waals surface area (Å²) in [5, 5.41) is 2.85. The van der Waals surface area contributed by atoms with Crippen molar-refractivity contribution in [1.82, 2.24) is 20.0 Å². The van der Waals surface area contributed by atoms with Gasteiger partial charge in [0.15, 0.2) is 0 Å². The predicted octanol–water partition coefficient (Wildman–Crippen LogP) is 2.64. The maximum Gasteiger partial charge on any atom is 0.243 e. The Kier molecular flexibility index (Phi) is 31.7. The van der Waals surface area contributed by atoms with Crippen LogP contribution in [0.3, 0.4) is 0 Å². The minimum Gasteiger partial charge on any atom is -0.382 e. The summed E-state index contributed by atoms with van der Waals surface area (Å²) in [7, 11) is 6.41. The van der Waals surface area contributed by atoms with E-state index in [1.165, 1.54) is 0 Å². The van der Waals surface area contributed by atoms with Gasteiger partial charge in [-0.15, -0.1) is 0 Å². The second kappa shape index (κ2) is 35.3. The Morgan fingerprint density at radius 1 is 0.716 bits per heavy atom. The van der Waals surface area contributed by atoms with Gasteiger partial charge in [0.1, 0.15) is 12.3 Å². The number of carbonyl (C=O) groups excluding carboxylic acids is 5. The minimum atomic E-state index is -0.749. The second-order valence-corrected chi connectivity index (χ2v) is 17.5. The van der Waals surface area contributed by atoms with Crippen molar-refractivity contribution in [3.8, 4) is 0 Å². The first kappa shape index (κ1) is 60.3. The Bertz CT molecular complexity index is 1380. The van der Waals surface area contributed by atoms with Crippen LogP contribution < -0.4 is 5.32 Å². The van der Waals surface area contributed by atoms with Crippen LogP contribution in [0.5, 0.6) is 0 Å². The van der Waals surface area contributed by atoms with Crippen molar-refractivity contribution in [2.45, 2.75) is 116 Å². The third-order valence-electron chi connectivity index (χ3n) is 13.2. The van der Waals surface area contributed by atoms with Crippen LogP contribution in [-0.4, -0.2) is 222 Å². The molecule has 0 aromatic heterocycles. The molecule has 19 heteroatoms. The van der Waals surface area contributed by atoms with E-state index in [2.05, 4.69) is 12.2 Å². The molecule has 2 rings (SSSR count). The number of likely N-dealkylation sites (tertiary alicyclic amines) is 2. The van der Waals surface area contributed by atoms with Gasteiger partial charge in [-0.25, -0.2) is 0 Å². The molecule has 0 aliphatic carbocycles. The first-order chi connectivity index (χ1) is 32.3. The Balaban J connectivity index is 1.77. The third kappa shape index (κ3) is 20.6. The molecule has 0 aromatic rings. The fraction of sp³-hybridized carbons (Fsp3) is 0.896. The summed E-state index contributed by atoms with van der Waals surface area (Å²) in [5.74, 6) is -1.51. The third-order valence-corrected chi connectivity index (χ3v) is 13.2. The lowest BCUT2D eigenvalue weighted by Gasteiger charge is -2.39. The number of nitrogens with zero attached hydrogens (tertiary/aromatic N) is 3. The van der Waals surface area contributed by atoms with Gasteiger partial charge in [-0.1, -0.05) is 48.0 Å². The van der Waals surface area contributed by atoms with Gasteiger partial charge in [0.05, 0.1) is 143 Å². The highest BCUT2D eigenvalue weighted by Gasteiger charge is 2.49. The quantitative estimate of drug-likeness (QED) is 0.0697. The summed E-state index contributed by atoms with van der Waals surface area (Å²) in [6.45, 7) is 18.7. The van der Waals surface area contributed by atoms with Crippen molar-refractivity contribution >= 4 is 29.9 Å². The normalized spacial score (nSPS) is 21.8. The van der Waals surface area contributed by atoms with E-state index in [-0.39, 0.29) is 85.4 Å². The number of hydrogen-bond acceptors (Lipinski definition) is 15. The first-order valence-electron chi connectivity index (χ1n) is 24.5. The van der Waals surface area contributed by atoms with E-state index < -0.39 is 24.3 Å². The highest BCUT2D eigenvalue weighted by Crippen LogP contribution is 2.37. The monoisotopic (exact) mass is 961 g/mol. The molecule has 67 heavy (non-hydrogen) atoms. The predicted molar refractivity (Wildman–Crippen MR) is 250 cm³/mol. The molecular formula is C48H88N4O15. The highest BCUT2D eigenvalue weighted by molar-refractivity contribution is 5.91. The van der Waals surface area contributed by atoms with Crippen molar-refractivity contribution in [3.63, 3.8) is 0 Å². The largest absolute Gasteiger partial charge is 0.382 e. The molecule has 10 atom stereocenters. The minimum absolute atomic E-state index is 0.0377. The van der Waals surface area contributed by atoms with Gasteiger partial charge in [-0.2, -0.15) is 0 Å². The van der Waals surface area contributed by atoms with Crippen LogP contribution in [0.25, 0.3) is 0 Å². The number of amides is 4. The molecule has 0 spiro atoms. The summed E-state index contributed by atoms with van der Waals surface area (Å²) in [6.07, 6.45) is 2.89. The number of likely N-dealkylation sites (N-methyl/N-ethyl adjacent to an activating group) is 1. The topological polar surface area (TPSA) is 199 Å². The number of carbonyl (C=O) groups is 5. The average molecular weight is 961 g/mol. The summed E-state index contributed by atoms with van der Waals surface area (Å²) >= 11 is 0. The van der Waals surface area contributed by atoms with Crippen LogP contribution in [0.4, 0.5) is 0 Å². The zero-order chi connectivity index (χ0) is 49.6. The van der Waals surface area contributed by atoms with Crippen molar-refractivity contribution in [2.75, 3.05) is 141 Å². The van der Waals surface area contributed by atoms with Gasteiger partial charge in [0.25, 0.3) is 0 Å². The van der Waals surface area contributed by atoms with E-state index in [1.807, 2.05) is 27.7 Å². The van der Waals surface area contributed by atoms with Crippen LogP contribution in [-0.2, 0) is 71.3 Å². The molecule has 2 aliphatic heterocycles. The summed E-state index contributed by atoms with van der Waals surface area (Å²) in [5.41, 5.74) is 0. The van der Waals surface area contributed by atoms with E-state index in [0.717, 1.165) is 25.5 Å². The molecule has 2 fully saturated rings. The number of ether oxygens (including phenoxy) is 10. The second-order valence-electron chi connectivity index (χ2n) is 17.5. The lowest BCUT2D eigenvalue weighted by Crippen LogP contribution is -2.55. The van der Waals surface area contributed by atoms with Crippen molar-refractivity contribution < 1.29 is 71.3 Å². The molecule has 390 valence electrons. The van der Waals surface area contributed by atoms with Gasteiger partial charge in [-0.05, 0) is 37.0 Å². The van der Waals surface area contributed by atoms with E-state index in [1.54, 1.807) is 50.0 Å². The Hall–Kier alpha value is -2.85. The molecule has 2 aliphatic rings. The zero-order valence-corrected chi connectivity index (χ0v) is 42.6. The van der Waals surface area contributed by atoms with Crippen LogP contribution in [0, 0.1) is 23.7 Å². The molecule has 2 heterocycles. The fourth-order valence-corrected chi connectivity index (χ4v) is 9.15. The summed E-state index contributed by atoms with van der Waals surface area (Å²) < 4.78 is 55.1. The molecule has 9 unspecified atom stereocenters. The summed E-state index contributed by atoms with van der Waals surface area (Å²) in [4.78, 5) is 72.1. The molecule has 2 saturated heterocycles. The maximum absolute atomic E-state index is 13.9. The molecule has 4 amide bonds. The van der Waals surface area contributed by atoms with Gasteiger partial charge >= 0.3 is 0 Å². The number of aldehydes is 1. The van der Waals surface area contributed by atoms with Gasteiger partial charge in [0, 0.05) is 46.9 Å². The lowest BCUT2D eigenvalue weighted by atomic mass is 9.89. The number of rotatable bonds is 39. The van der Waals surface area contributed by atoms with E-state index in [0.29, 0.717) is 105 Å². The average Bonchev–Trinajstić information content (AvgIpc) is 3.92. The molecule has 1 N–H and O–H groups in total. The molecule has 19 nitrogen and oxygen atoms in total. The van der Waals surface area contributed by atoms with Gasteiger partial charge in [-0.3, -0.25) is 19.2 Å². The number of nitrogens with one attached hydrogen (secondary N) is 1. The highest BCUT2D eigenvalue weighted by atomic mass is 16.6. The van der Waals surface area contributed by atoms with Crippen LogP contribution in [0.15, 0.2) is 0 Å². The lowest BCUT2D eigenvalue weighted by molar-refractivity contribution is -0.145. The van der Waals surface area contributed by atoms with Gasteiger partial charge in [0.2, 0.25) is 23.6 Å². The Morgan fingerprint density at radius 3 is 1.67 bits per heavy atom. The molecule has 0 bridgehead atoms. The van der Waals surface area contributed by atoms with Gasteiger partial charge < -0.3 is 72.2 Å². The SMILES string of the molecule is CCC(C)C(C(CC(=O)N1CCCC1C(OC)C(C)C=O)OC)N(C)C(=O)CNC(=O)C1C(C)[C@H](C)C(CC)N1C(=O)CCOCCOCCOCCOCCOCCOCCOCCOC. The van der Waals surface area contributed by atoms with Crippen molar-refractivity contribution in [1.29, 1.82) is 0 Å².